The Bertz CT molecular complexity index is 862. The largest absolute Gasteiger partial charge is 0.417 e. The second kappa shape index (κ2) is 7.06. The molecule has 26 heavy (non-hydrogen) atoms. The second-order valence-corrected chi connectivity index (χ2v) is 7.49. The topological polar surface area (TPSA) is 25.2 Å². The van der Waals surface area contributed by atoms with Crippen LogP contribution in [0.3, 0.4) is 0 Å². The fourth-order valence-electron chi connectivity index (χ4n) is 3.93. The zero-order chi connectivity index (χ0) is 19.1. The number of benzene rings is 1. The minimum atomic E-state index is -4.56. The van der Waals surface area contributed by atoms with Crippen LogP contribution in [0.4, 0.5) is 13.2 Å². The molecular weight excluding hydrogens is 341 g/mol. The molecule has 0 radical (unpaired) electrons. The highest BCUT2D eigenvalue weighted by Crippen LogP contribution is 2.38. The van der Waals surface area contributed by atoms with Gasteiger partial charge in [-0.25, -0.2) is 0 Å². The molecule has 0 saturated carbocycles. The molecule has 1 aromatic heterocycles. The summed E-state index contributed by atoms with van der Waals surface area (Å²) < 4.78 is 43.0. The maximum absolute atomic E-state index is 13.9. The van der Waals surface area contributed by atoms with Crippen molar-refractivity contribution < 1.29 is 13.2 Å². The number of hydrogen-bond acceptors (Lipinski definition) is 2. The molecular formula is C20H25F3N2O. The van der Waals surface area contributed by atoms with Crippen LogP contribution in [0.1, 0.15) is 55.7 Å². The summed E-state index contributed by atoms with van der Waals surface area (Å²) in [5, 5.41) is 0.123. The second-order valence-electron chi connectivity index (χ2n) is 7.49. The molecule has 3 rings (SSSR count). The summed E-state index contributed by atoms with van der Waals surface area (Å²) >= 11 is 0. The Hall–Kier alpha value is -1.82. The molecule has 2 heterocycles. The highest BCUT2D eigenvalue weighted by Gasteiger charge is 2.38. The van der Waals surface area contributed by atoms with Gasteiger partial charge in [0.05, 0.1) is 11.1 Å². The predicted octanol–water partition coefficient (Wildman–Crippen LogP) is 4.67. The Kier molecular flexibility index (Phi) is 5.15. The number of likely N-dealkylation sites (tertiary alicyclic amines) is 1. The lowest BCUT2D eigenvalue weighted by molar-refractivity contribution is -0.137. The van der Waals surface area contributed by atoms with E-state index in [0.29, 0.717) is 12.1 Å². The van der Waals surface area contributed by atoms with Crippen LogP contribution in [0.25, 0.3) is 10.9 Å². The zero-order valence-corrected chi connectivity index (χ0v) is 15.5. The first kappa shape index (κ1) is 19.0. The predicted molar refractivity (Wildman–Crippen MR) is 97.4 cm³/mol. The monoisotopic (exact) mass is 366 g/mol. The fraction of sp³-hybridized carbons (Fsp3) is 0.550. The SMILES string of the molecule is CC(C)c1c(C(F)(F)F)c2cc(CN3CCCCC3)ccc2n(C)c1=O. The summed E-state index contributed by atoms with van der Waals surface area (Å²) in [4.78, 5) is 14.8. The summed E-state index contributed by atoms with van der Waals surface area (Å²) in [5.41, 5.74) is -0.301. The van der Waals surface area contributed by atoms with E-state index in [2.05, 4.69) is 4.90 Å². The van der Waals surface area contributed by atoms with Crippen molar-refractivity contribution in [3.05, 3.63) is 45.2 Å². The van der Waals surface area contributed by atoms with E-state index in [1.807, 2.05) is 6.07 Å². The van der Waals surface area contributed by atoms with Crippen LogP contribution in [0.5, 0.6) is 0 Å². The molecule has 3 nitrogen and oxygen atoms in total. The zero-order valence-electron chi connectivity index (χ0n) is 15.5. The lowest BCUT2D eigenvalue weighted by Crippen LogP contribution is -2.29. The third kappa shape index (κ3) is 3.52. The van der Waals surface area contributed by atoms with Crippen LogP contribution in [0.15, 0.2) is 23.0 Å². The minimum Gasteiger partial charge on any atom is -0.311 e. The molecule has 0 aliphatic carbocycles. The molecule has 0 atom stereocenters. The molecule has 6 heteroatoms. The van der Waals surface area contributed by atoms with Gasteiger partial charge in [-0.2, -0.15) is 13.2 Å². The molecule has 0 amide bonds. The Morgan fingerprint density at radius 3 is 2.35 bits per heavy atom. The number of halogens is 3. The number of fused-ring (bicyclic) bond motifs is 1. The van der Waals surface area contributed by atoms with Crippen molar-refractivity contribution in [2.24, 2.45) is 7.05 Å². The number of hydrogen-bond donors (Lipinski definition) is 0. The van der Waals surface area contributed by atoms with Gasteiger partial charge in [0, 0.05) is 24.5 Å². The van der Waals surface area contributed by atoms with Crippen molar-refractivity contribution in [2.75, 3.05) is 13.1 Å². The van der Waals surface area contributed by atoms with Gasteiger partial charge in [-0.05, 0) is 49.5 Å². The minimum absolute atomic E-state index is 0.123. The van der Waals surface area contributed by atoms with E-state index < -0.39 is 23.2 Å². The van der Waals surface area contributed by atoms with Crippen molar-refractivity contribution in [3.8, 4) is 0 Å². The summed E-state index contributed by atoms with van der Waals surface area (Å²) in [7, 11) is 1.54. The molecule has 1 saturated heterocycles. The van der Waals surface area contributed by atoms with Crippen LogP contribution in [-0.2, 0) is 19.8 Å². The van der Waals surface area contributed by atoms with E-state index in [-0.39, 0.29) is 10.9 Å². The highest BCUT2D eigenvalue weighted by molar-refractivity contribution is 5.85. The van der Waals surface area contributed by atoms with Crippen molar-refractivity contribution in [1.82, 2.24) is 9.47 Å². The number of pyridine rings is 1. The first-order valence-corrected chi connectivity index (χ1v) is 9.15. The van der Waals surface area contributed by atoms with Crippen LogP contribution in [0, 0.1) is 0 Å². The van der Waals surface area contributed by atoms with Crippen molar-refractivity contribution in [1.29, 1.82) is 0 Å². The van der Waals surface area contributed by atoms with E-state index in [1.54, 1.807) is 33.0 Å². The molecule has 142 valence electrons. The Labute approximate surface area is 151 Å². The van der Waals surface area contributed by atoms with Crippen LogP contribution in [0.2, 0.25) is 0 Å². The van der Waals surface area contributed by atoms with Crippen LogP contribution < -0.4 is 5.56 Å². The molecule has 0 N–H and O–H groups in total. The van der Waals surface area contributed by atoms with Gasteiger partial charge in [0.1, 0.15) is 0 Å². The number of alkyl halides is 3. The standard InChI is InChI=1S/C20H25F3N2O/c1-13(2)17-18(20(21,22)23)15-11-14(12-25-9-5-4-6-10-25)7-8-16(15)24(3)19(17)26/h7-8,11,13H,4-6,9-10,12H2,1-3H3. The maximum Gasteiger partial charge on any atom is 0.417 e. The first-order valence-electron chi connectivity index (χ1n) is 9.15. The van der Waals surface area contributed by atoms with Gasteiger partial charge in [-0.1, -0.05) is 26.3 Å². The van der Waals surface area contributed by atoms with Gasteiger partial charge >= 0.3 is 6.18 Å². The summed E-state index contributed by atoms with van der Waals surface area (Å²) in [6, 6.07) is 5.11. The van der Waals surface area contributed by atoms with Gasteiger partial charge in [-0.3, -0.25) is 9.69 Å². The molecule has 1 aromatic carbocycles. The highest BCUT2D eigenvalue weighted by atomic mass is 19.4. The molecule has 1 aliphatic rings. The van der Waals surface area contributed by atoms with Crippen molar-refractivity contribution in [3.63, 3.8) is 0 Å². The Morgan fingerprint density at radius 2 is 1.77 bits per heavy atom. The van der Waals surface area contributed by atoms with E-state index in [4.69, 9.17) is 0 Å². The lowest BCUT2D eigenvalue weighted by atomic mass is 9.93. The van der Waals surface area contributed by atoms with Crippen molar-refractivity contribution in [2.45, 2.75) is 51.7 Å². The number of piperidine rings is 1. The van der Waals surface area contributed by atoms with E-state index in [9.17, 15) is 18.0 Å². The van der Waals surface area contributed by atoms with E-state index in [0.717, 1.165) is 31.5 Å². The summed E-state index contributed by atoms with van der Waals surface area (Å²) in [6.45, 7) is 5.88. The van der Waals surface area contributed by atoms with Crippen LogP contribution in [-0.4, -0.2) is 22.6 Å². The Morgan fingerprint density at radius 1 is 1.12 bits per heavy atom. The first-order chi connectivity index (χ1) is 12.2. The molecule has 1 aliphatic heterocycles. The Balaban J connectivity index is 2.20. The third-order valence-electron chi connectivity index (χ3n) is 5.21. The fourth-order valence-corrected chi connectivity index (χ4v) is 3.93. The summed E-state index contributed by atoms with van der Waals surface area (Å²) in [5.74, 6) is -0.500. The van der Waals surface area contributed by atoms with Gasteiger partial charge in [0.15, 0.2) is 0 Å². The number of aryl methyl sites for hydroxylation is 1. The lowest BCUT2D eigenvalue weighted by Gasteiger charge is -2.27. The quantitative estimate of drug-likeness (QED) is 0.789. The van der Waals surface area contributed by atoms with E-state index >= 15 is 0 Å². The maximum atomic E-state index is 13.9. The van der Waals surface area contributed by atoms with Crippen molar-refractivity contribution >= 4 is 10.9 Å². The van der Waals surface area contributed by atoms with Gasteiger partial charge in [0.2, 0.25) is 0 Å². The van der Waals surface area contributed by atoms with Gasteiger partial charge in [-0.15, -0.1) is 0 Å². The van der Waals surface area contributed by atoms with Crippen LogP contribution >= 0.6 is 0 Å². The van der Waals surface area contributed by atoms with E-state index in [1.165, 1.54) is 11.0 Å². The average molecular weight is 366 g/mol. The van der Waals surface area contributed by atoms with Gasteiger partial charge in [0.25, 0.3) is 5.56 Å². The molecule has 0 spiro atoms. The normalized spacial score (nSPS) is 16.6. The number of aromatic nitrogens is 1. The third-order valence-corrected chi connectivity index (χ3v) is 5.21. The van der Waals surface area contributed by atoms with Gasteiger partial charge < -0.3 is 4.57 Å². The number of rotatable bonds is 3. The molecule has 0 bridgehead atoms. The smallest absolute Gasteiger partial charge is 0.311 e. The summed E-state index contributed by atoms with van der Waals surface area (Å²) in [6.07, 6.45) is -1.08. The molecule has 0 unspecified atom stereocenters. The number of nitrogens with zero attached hydrogens (tertiary/aromatic N) is 2. The average Bonchev–Trinajstić information content (AvgIpc) is 2.57. The molecule has 2 aromatic rings. The molecule has 1 fully saturated rings.